The van der Waals surface area contributed by atoms with Crippen LogP contribution in [-0.4, -0.2) is 22.6 Å². The summed E-state index contributed by atoms with van der Waals surface area (Å²) in [6, 6.07) is 4.54. The number of aliphatic hydroxyl groups excluding tert-OH is 1. The van der Waals surface area contributed by atoms with E-state index in [4.69, 9.17) is 9.52 Å². The monoisotopic (exact) mass is 209 g/mol. The molecule has 0 radical (unpaired) electrons. The van der Waals surface area contributed by atoms with Crippen LogP contribution in [0.1, 0.15) is 37.7 Å². The molecule has 0 spiro atoms. The van der Waals surface area contributed by atoms with Gasteiger partial charge in [-0.25, -0.2) is 0 Å². The molecule has 3 nitrogen and oxygen atoms in total. The van der Waals surface area contributed by atoms with Crippen molar-refractivity contribution >= 4 is 0 Å². The van der Waals surface area contributed by atoms with Gasteiger partial charge in [-0.2, -0.15) is 0 Å². The lowest BCUT2D eigenvalue weighted by Crippen LogP contribution is -2.27. The predicted molar refractivity (Wildman–Crippen MR) is 58.4 cm³/mol. The summed E-state index contributed by atoms with van der Waals surface area (Å²) in [6.45, 7) is 4.30. The van der Waals surface area contributed by atoms with E-state index in [-0.39, 0.29) is 6.61 Å². The molecule has 3 heteroatoms. The van der Waals surface area contributed by atoms with E-state index in [1.165, 1.54) is 25.8 Å². The largest absolute Gasteiger partial charge is 0.462 e. The minimum absolute atomic E-state index is 0.00277. The van der Waals surface area contributed by atoms with Crippen LogP contribution in [0.25, 0.3) is 0 Å². The third-order valence-corrected chi connectivity index (χ3v) is 3.20. The van der Waals surface area contributed by atoms with Crippen molar-refractivity contribution in [1.82, 2.24) is 4.90 Å². The summed E-state index contributed by atoms with van der Waals surface area (Å²) < 4.78 is 5.50. The number of rotatable bonds is 4. The first-order chi connectivity index (χ1) is 7.33. The van der Waals surface area contributed by atoms with Gasteiger partial charge in [0.15, 0.2) is 0 Å². The van der Waals surface area contributed by atoms with Crippen molar-refractivity contribution < 1.29 is 9.52 Å². The topological polar surface area (TPSA) is 36.6 Å². The number of aliphatic hydroxyl groups is 1. The number of nitrogens with zero attached hydrogens (tertiary/aromatic N) is 1. The van der Waals surface area contributed by atoms with Crippen molar-refractivity contribution in [2.75, 3.05) is 6.54 Å². The Labute approximate surface area is 90.7 Å². The fourth-order valence-corrected chi connectivity index (χ4v) is 2.36. The van der Waals surface area contributed by atoms with Gasteiger partial charge in [0.25, 0.3) is 0 Å². The van der Waals surface area contributed by atoms with Gasteiger partial charge >= 0.3 is 0 Å². The molecule has 1 N–H and O–H groups in total. The van der Waals surface area contributed by atoms with Gasteiger partial charge in [0.2, 0.25) is 0 Å². The molecule has 15 heavy (non-hydrogen) atoms. The number of hydrogen-bond donors (Lipinski definition) is 1. The summed E-state index contributed by atoms with van der Waals surface area (Å²) >= 11 is 0. The van der Waals surface area contributed by atoms with Crippen molar-refractivity contribution in [1.29, 1.82) is 0 Å². The highest BCUT2D eigenvalue weighted by molar-refractivity contribution is 5.06. The Morgan fingerprint density at radius 1 is 1.47 bits per heavy atom. The van der Waals surface area contributed by atoms with Crippen LogP contribution in [0.15, 0.2) is 16.5 Å². The summed E-state index contributed by atoms with van der Waals surface area (Å²) in [4.78, 5) is 2.47. The van der Waals surface area contributed by atoms with E-state index in [9.17, 15) is 0 Å². The molecule has 1 saturated heterocycles. The van der Waals surface area contributed by atoms with Crippen LogP contribution in [0.4, 0.5) is 0 Å². The molecule has 1 atom stereocenters. The van der Waals surface area contributed by atoms with Crippen LogP contribution < -0.4 is 0 Å². The standard InChI is InChI=1S/C12H19NO2/c1-2-10-4-3-7-13(10)8-11-5-6-12(9-14)15-11/h5-6,10,14H,2-4,7-9H2,1H3. The fraction of sp³-hybridized carbons (Fsp3) is 0.667. The summed E-state index contributed by atoms with van der Waals surface area (Å²) in [5, 5.41) is 8.90. The summed E-state index contributed by atoms with van der Waals surface area (Å²) in [6.07, 6.45) is 3.82. The van der Waals surface area contributed by atoms with E-state index in [1.54, 1.807) is 0 Å². The highest BCUT2D eigenvalue weighted by atomic mass is 16.4. The molecule has 2 rings (SSSR count). The van der Waals surface area contributed by atoms with E-state index in [0.717, 1.165) is 12.3 Å². The van der Waals surface area contributed by atoms with Crippen molar-refractivity contribution in [3.63, 3.8) is 0 Å². The second kappa shape index (κ2) is 4.81. The van der Waals surface area contributed by atoms with Gasteiger partial charge in [0.1, 0.15) is 18.1 Å². The molecule has 1 aliphatic rings. The maximum atomic E-state index is 8.90. The molecule has 0 aliphatic carbocycles. The van der Waals surface area contributed by atoms with Crippen molar-refractivity contribution in [2.45, 2.75) is 45.4 Å². The summed E-state index contributed by atoms with van der Waals surface area (Å²) in [5.41, 5.74) is 0. The second-order valence-corrected chi connectivity index (χ2v) is 4.20. The van der Waals surface area contributed by atoms with E-state index >= 15 is 0 Å². The molecule has 0 saturated carbocycles. The first kappa shape index (κ1) is 10.7. The Hall–Kier alpha value is -0.800. The SMILES string of the molecule is CCC1CCCN1Cc1ccc(CO)o1. The lowest BCUT2D eigenvalue weighted by atomic mass is 10.2. The molecule has 2 heterocycles. The molecule has 0 aromatic carbocycles. The van der Waals surface area contributed by atoms with Crippen LogP contribution in [-0.2, 0) is 13.2 Å². The first-order valence-corrected chi connectivity index (χ1v) is 5.76. The average Bonchev–Trinajstić information content (AvgIpc) is 2.87. The quantitative estimate of drug-likeness (QED) is 0.825. The molecular weight excluding hydrogens is 190 g/mol. The van der Waals surface area contributed by atoms with Crippen LogP contribution in [0.5, 0.6) is 0 Å². The zero-order valence-corrected chi connectivity index (χ0v) is 9.28. The molecule has 1 aliphatic heterocycles. The van der Waals surface area contributed by atoms with E-state index < -0.39 is 0 Å². The Morgan fingerprint density at radius 2 is 2.27 bits per heavy atom. The van der Waals surface area contributed by atoms with Gasteiger partial charge in [-0.15, -0.1) is 0 Å². The molecule has 1 aromatic rings. The smallest absolute Gasteiger partial charge is 0.129 e. The number of hydrogen-bond acceptors (Lipinski definition) is 3. The molecular formula is C12H19NO2. The van der Waals surface area contributed by atoms with Gasteiger partial charge in [-0.3, -0.25) is 4.90 Å². The Kier molecular flexibility index (Phi) is 3.44. The maximum absolute atomic E-state index is 8.90. The lowest BCUT2D eigenvalue weighted by molar-refractivity contribution is 0.206. The second-order valence-electron chi connectivity index (χ2n) is 4.20. The van der Waals surface area contributed by atoms with Crippen LogP contribution in [0.2, 0.25) is 0 Å². The third kappa shape index (κ3) is 2.41. The van der Waals surface area contributed by atoms with Gasteiger partial charge < -0.3 is 9.52 Å². The van der Waals surface area contributed by atoms with E-state index in [2.05, 4.69) is 11.8 Å². The third-order valence-electron chi connectivity index (χ3n) is 3.20. The van der Waals surface area contributed by atoms with Gasteiger partial charge in [-0.1, -0.05) is 6.92 Å². The fourth-order valence-electron chi connectivity index (χ4n) is 2.36. The molecule has 0 bridgehead atoms. The minimum atomic E-state index is -0.00277. The van der Waals surface area contributed by atoms with E-state index in [1.807, 2.05) is 12.1 Å². The van der Waals surface area contributed by atoms with Gasteiger partial charge in [0.05, 0.1) is 6.54 Å². The van der Waals surface area contributed by atoms with Crippen LogP contribution in [0, 0.1) is 0 Å². The zero-order valence-electron chi connectivity index (χ0n) is 9.28. The van der Waals surface area contributed by atoms with E-state index in [0.29, 0.717) is 11.8 Å². The molecule has 1 unspecified atom stereocenters. The molecule has 0 amide bonds. The molecule has 84 valence electrons. The Bertz CT molecular complexity index is 308. The maximum Gasteiger partial charge on any atom is 0.129 e. The summed E-state index contributed by atoms with van der Waals surface area (Å²) in [7, 11) is 0. The average molecular weight is 209 g/mol. The first-order valence-electron chi connectivity index (χ1n) is 5.76. The highest BCUT2D eigenvalue weighted by Gasteiger charge is 2.23. The zero-order chi connectivity index (χ0) is 10.7. The lowest BCUT2D eigenvalue weighted by Gasteiger charge is -2.21. The van der Waals surface area contributed by atoms with Crippen LogP contribution >= 0.6 is 0 Å². The van der Waals surface area contributed by atoms with Crippen molar-refractivity contribution in [3.8, 4) is 0 Å². The number of likely N-dealkylation sites (tertiary alicyclic amines) is 1. The molecule has 1 fully saturated rings. The van der Waals surface area contributed by atoms with Gasteiger partial charge in [0, 0.05) is 6.04 Å². The molecule has 1 aromatic heterocycles. The van der Waals surface area contributed by atoms with Crippen molar-refractivity contribution in [2.24, 2.45) is 0 Å². The number of furan rings is 1. The predicted octanol–water partition coefficient (Wildman–Crippen LogP) is 2.15. The van der Waals surface area contributed by atoms with Gasteiger partial charge in [-0.05, 0) is 37.9 Å². The Morgan fingerprint density at radius 3 is 2.93 bits per heavy atom. The highest BCUT2D eigenvalue weighted by Crippen LogP contribution is 2.22. The Balaban J connectivity index is 1.95. The van der Waals surface area contributed by atoms with Crippen LogP contribution in [0.3, 0.4) is 0 Å². The summed E-state index contributed by atoms with van der Waals surface area (Å²) in [5.74, 6) is 1.64. The van der Waals surface area contributed by atoms with Crippen molar-refractivity contribution in [3.05, 3.63) is 23.7 Å². The minimum Gasteiger partial charge on any atom is -0.462 e. The normalized spacial score (nSPS) is 22.4.